The fourth-order valence-corrected chi connectivity index (χ4v) is 7.26. The van der Waals surface area contributed by atoms with Gasteiger partial charge in [-0.15, -0.1) is 0 Å². The largest absolute Gasteiger partial charge is 0.459 e. The molecule has 0 radical (unpaired) electrons. The highest BCUT2D eigenvalue weighted by Crippen LogP contribution is 2.43. The number of epoxide rings is 1. The summed E-state index contributed by atoms with van der Waals surface area (Å²) in [7, 11) is -0.589. The predicted octanol–water partition coefficient (Wildman–Crippen LogP) is 2.93. The van der Waals surface area contributed by atoms with Crippen molar-refractivity contribution in [3.05, 3.63) is 65.8 Å². The molecule has 1 aromatic rings. The van der Waals surface area contributed by atoms with Gasteiger partial charge >= 0.3 is 5.97 Å². The molecule has 1 aromatic carbocycles. The molecule has 3 saturated heterocycles. The molecule has 9 atom stereocenters. The summed E-state index contributed by atoms with van der Waals surface area (Å²) in [6, 6.07) is 6.22. The molecule has 14 heteroatoms. The normalized spacial score (nSPS) is 30.5. The second kappa shape index (κ2) is 17.4. The first kappa shape index (κ1) is 40.4. The molecule has 3 fully saturated rings. The number of rotatable bonds is 14. The average Bonchev–Trinajstić information content (AvgIpc) is 3.84. The number of carbonyl (C=O) groups is 3. The third-order valence-electron chi connectivity index (χ3n) is 9.53. The van der Waals surface area contributed by atoms with E-state index in [1.807, 2.05) is 26.0 Å². The lowest BCUT2D eigenvalue weighted by Crippen LogP contribution is -2.50. The molecule has 51 heavy (non-hydrogen) atoms. The van der Waals surface area contributed by atoms with Gasteiger partial charge in [0.15, 0.2) is 0 Å². The third kappa shape index (κ3) is 11.3. The van der Waals surface area contributed by atoms with Gasteiger partial charge in [-0.05, 0) is 63.3 Å². The van der Waals surface area contributed by atoms with Crippen LogP contribution in [0.5, 0.6) is 0 Å². The number of aliphatic hydroxyl groups is 1. The second-order valence-corrected chi connectivity index (χ2v) is 16.2. The van der Waals surface area contributed by atoms with Gasteiger partial charge in [0.05, 0.1) is 42.3 Å². The fourth-order valence-electron chi connectivity index (χ4n) is 6.36. The van der Waals surface area contributed by atoms with Crippen LogP contribution in [0.15, 0.2) is 65.1 Å². The van der Waals surface area contributed by atoms with Gasteiger partial charge in [0.25, 0.3) is 0 Å². The maximum atomic E-state index is 12.9. The van der Waals surface area contributed by atoms with Gasteiger partial charge in [-0.1, -0.05) is 42.9 Å². The van der Waals surface area contributed by atoms with Crippen molar-refractivity contribution in [2.24, 2.45) is 5.92 Å². The molecule has 4 rings (SSSR count). The molecule has 1 spiro atoms. The molecule has 3 aliphatic heterocycles. The second-order valence-electron chi connectivity index (χ2n) is 14.1. The van der Waals surface area contributed by atoms with E-state index >= 15 is 0 Å². The fraction of sp³-hybridized carbons (Fsp3) is 0.595. The average molecular weight is 732 g/mol. The summed E-state index contributed by atoms with van der Waals surface area (Å²) in [4.78, 5) is 36.6. The highest BCUT2D eigenvalue weighted by Gasteiger charge is 2.58. The number of benzene rings is 1. The Morgan fingerprint density at radius 1 is 1.12 bits per heavy atom. The van der Waals surface area contributed by atoms with Crippen LogP contribution in [0.4, 0.5) is 0 Å². The minimum Gasteiger partial charge on any atom is -0.459 e. The Labute approximate surface area is 301 Å². The van der Waals surface area contributed by atoms with Gasteiger partial charge in [-0.2, -0.15) is 0 Å². The molecular weight excluding hydrogens is 678 g/mol. The molecule has 0 aromatic heterocycles. The topological polar surface area (TPSA) is 173 Å². The van der Waals surface area contributed by atoms with Crippen molar-refractivity contribution >= 4 is 27.8 Å². The van der Waals surface area contributed by atoms with Gasteiger partial charge in [0.1, 0.15) is 23.9 Å². The molecule has 0 bridgehead atoms. The minimum absolute atomic E-state index is 0.0393. The minimum atomic E-state index is -3.53. The molecule has 0 aliphatic carbocycles. The van der Waals surface area contributed by atoms with E-state index in [2.05, 4.69) is 23.6 Å². The van der Waals surface area contributed by atoms with Crippen molar-refractivity contribution in [2.75, 3.05) is 20.7 Å². The standard InChI is InChI=1S/C37H53N3O10S/c1-23(8-15-32-24(2)18-31(26(4)49-32)39-34(42)17-10-25(3)48-27(5)41)9-16-33-36(44)37(22-47-37)20-29(50-33)19-35(43)38-21-28-11-13-30(14-12-28)51(45,46)40(6)7/h8-14,16-17,24-26,29,31-33,36,44H,15,18-22H2,1-7H3,(H,38,43)(H,39,42)/b16-9+,17-10-,23-8+/t24-,25?,26+,29+,31+,32-,33+,36+,37+/m0/s1. The number of nitrogens with zero attached hydrogens (tertiary/aromatic N) is 1. The van der Waals surface area contributed by atoms with Crippen molar-refractivity contribution in [1.29, 1.82) is 0 Å². The van der Waals surface area contributed by atoms with Crippen molar-refractivity contribution in [1.82, 2.24) is 14.9 Å². The quantitative estimate of drug-likeness (QED) is 0.112. The monoisotopic (exact) mass is 731 g/mol. The first-order chi connectivity index (χ1) is 24.0. The summed E-state index contributed by atoms with van der Waals surface area (Å²) in [5, 5.41) is 16.9. The van der Waals surface area contributed by atoms with Gasteiger partial charge in [-0.25, -0.2) is 12.7 Å². The Hall–Kier alpha value is -3.40. The maximum absolute atomic E-state index is 12.9. The molecule has 3 N–H and O–H groups in total. The molecule has 1 unspecified atom stereocenters. The smallest absolute Gasteiger partial charge is 0.303 e. The highest BCUT2D eigenvalue weighted by molar-refractivity contribution is 7.89. The lowest BCUT2D eigenvalue weighted by atomic mass is 9.87. The Kier molecular flexibility index (Phi) is 13.8. The van der Waals surface area contributed by atoms with E-state index in [0.717, 1.165) is 21.9 Å². The zero-order chi connectivity index (χ0) is 37.5. The number of sulfonamides is 1. The van der Waals surface area contributed by atoms with Crippen LogP contribution >= 0.6 is 0 Å². The van der Waals surface area contributed by atoms with Crippen LogP contribution in [0.25, 0.3) is 0 Å². The summed E-state index contributed by atoms with van der Waals surface area (Å²) in [6.07, 6.45) is 7.90. The first-order valence-corrected chi connectivity index (χ1v) is 18.8. The molecular formula is C37H53N3O10S. The van der Waals surface area contributed by atoms with Crippen LogP contribution in [-0.2, 0) is 49.9 Å². The number of hydrogen-bond acceptors (Lipinski definition) is 10. The number of ether oxygens (including phenoxy) is 4. The number of esters is 1. The van der Waals surface area contributed by atoms with E-state index in [9.17, 15) is 27.9 Å². The van der Waals surface area contributed by atoms with E-state index in [1.54, 1.807) is 25.1 Å². The van der Waals surface area contributed by atoms with Gasteiger partial charge in [0.2, 0.25) is 21.8 Å². The zero-order valence-corrected chi connectivity index (χ0v) is 31.4. The van der Waals surface area contributed by atoms with E-state index < -0.39 is 46.0 Å². The van der Waals surface area contributed by atoms with Crippen LogP contribution in [0.3, 0.4) is 0 Å². The van der Waals surface area contributed by atoms with Gasteiger partial charge < -0.3 is 34.7 Å². The molecule has 282 valence electrons. The van der Waals surface area contributed by atoms with E-state index in [-0.39, 0.29) is 53.8 Å². The number of hydrogen-bond donors (Lipinski definition) is 3. The maximum Gasteiger partial charge on any atom is 0.303 e. The number of aliphatic hydroxyl groups excluding tert-OH is 1. The summed E-state index contributed by atoms with van der Waals surface area (Å²) in [6.45, 7) is 9.65. The van der Waals surface area contributed by atoms with E-state index in [1.165, 1.54) is 39.2 Å². The van der Waals surface area contributed by atoms with Crippen LogP contribution in [0.2, 0.25) is 0 Å². The Balaban J connectivity index is 1.25. The van der Waals surface area contributed by atoms with Crippen molar-refractivity contribution in [3.63, 3.8) is 0 Å². The highest BCUT2D eigenvalue weighted by atomic mass is 32.2. The molecule has 2 amide bonds. The van der Waals surface area contributed by atoms with Crippen LogP contribution in [0, 0.1) is 5.92 Å². The van der Waals surface area contributed by atoms with Crippen molar-refractivity contribution in [3.8, 4) is 0 Å². The Morgan fingerprint density at radius 2 is 1.80 bits per heavy atom. The summed E-state index contributed by atoms with van der Waals surface area (Å²) in [5.41, 5.74) is 0.997. The van der Waals surface area contributed by atoms with Gasteiger partial charge in [-0.3, -0.25) is 14.4 Å². The molecule has 3 heterocycles. The SMILES string of the molecule is CC(=O)OC(C)/C=C\C(=O)N[C@@H]1C[C@H](C)[C@H](C/C=C(C)/C=C/[C@H]2O[C@H](CC(=O)NCc3ccc(S(=O)(=O)N(C)C)cc3)C[C@@]3(CO3)[C@@H]2O)O[C@@H]1C. The summed E-state index contributed by atoms with van der Waals surface area (Å²) < 4.78 is 48.9. The molecule has 3 aliphatic rings. The van der Waals surface area contributed by atoms with E-state index in [4.69, 9.17) is 18.9 Å². The Morgan fingerprint density at radius 3 is 2.43 bits per heavy atom. The summed E-state index contributed by atoms with van der Waals surface area (Å²) in [5.74, 6) is -0.714. The first-order valence-electron chi connectivity index (χ1n) is 17.4. The molecule has 13 nitrogen and oxygen atoms in total. The number of carbonyl (C=O) groups excluding carboxylic acids is 3. The number of allylic oxidation sites excluding steroid dienone is 2. The predicted molar refractivity (Wildman–Crippen MR) is 190 cm³/mol. The Bertz CT molecular complexity index is 1590. The summed E-state index contributed by atoms with van der Waals surface area (Å²) >= 11 is 0. The lowest BCUT2D eigenvalue weighted by Gasteiger charge is -2.39. The third-order valence-corrected chi connectivity index (χ3v) is 11.4. The van der Waals surface area contributed by atoms with Crippen LogP contribution < -0.4 is 10.6 Å². The lowest BCUT2D eigenvalue weighted by molar-refractivity contribution is -0.145. The van der Waals surface area contributed by atoms with Crippen LogP contribution in [-0.4, -0.2) is 105 Å². The van der Waals surface area contributed by atoms with Gasteiger partial charge in [0, 0.05) is 40.1 Å². The van der Waals surface area contributed by atoms with Crippen molar-refractivity contribution in [2.45, 2.75) is 120 Å². The zero-order valence-electron chi connectivity index (χ0n) is 30.5. The van der Waals surface area contributed by atoms with E-state index in [0.29, 0.717) is 19.4 Å². The van der Waals surface area contributed by atoms with Crippen LogP contribution in [0.1, 0.15) is 65.9 Å². The number of amides is 2. The van der Waals surface area contributed by atoms with Crippen molar-refractivity contribution < 1.29 is 46.9 Å². The number of nitrogens with one attached hydrogen (secondary N) is 2. The molecule has 0 saturated carbocycles.